The lowest BCUT2D eigenvalue weighted by atomic mass is 10.1. The molecular weight excluding hydrogens is 198 g/mol. The van der Waals surface area contributed by atoms with Gasteiger partial charge in [-0.15, -0.1) is 0 Å². The number of rotatable bonds is 5. The summed E-state index contributed by atoms with van der Waals surface area (Å²) in [5.41, 5.74) is 2.25. The minimum Gasteiger partial charge on any atom is -0.370 e. The second kappa shape index (κ2) is 5.83. The minimum absolute atomic E-state index is 0.598. The maximum atomic E-state index is 4.59. The van der Waals surface area contributed by atoms with E-state index in [4.69, 9.17) is 0 Å². The molecule has 1 rings (SSSR count). The van der Waals surface area contributed by atoms with Crippen LogP contribution in [0, 0.1) is 19.8 Å². The van der Waals surface area contributed by atoms with Gasteiger partial charge in [0.1, 0.15) is 11.6 Å². The van der Waals surface area contributed by atoms with E-state index >= 15 is 0 Å². The van der Waals surface area contributed by atoms with Crippen LogP contribution in [-0.2, 0) is 6.42 Å². The molecular formula is C13H23N3. The molecule has 3 heteroatoms. The van der Waals surface area contributed by atoms with Crippen molar-refractivity contribution in [3.8, 4) is 0 Å². The molecule has 0 aliphatic heterocycles. The maximum Gasteiger partial charge on any atom is 0.132 e. The van der Waals surface area contributed by atoms with Crippen LogP contribution in [-0.4, -0.2) is 16.5 Å². The van der Waals surface area contributed by atoms with E-state index in [0.29, 0.717) is 5.92 Å². The van der Waals surface area contributed by atoms with E-state index in [2.05, 4.69) is 49.9 Å². The molecule has 1 heterocycles. The van der Waals surface area contributed by atoms with Crippen LogP contribution in [0.3, 0.4) is 0 Å². The van der Waals surface area contributed by atoms with E-state index in [1.54, 1.807) is 0 Å². The Morgan fingerprint density at radius 1 is 1.19 bits per heavy atom. The first-order valence-corrected chi connectivity index (χ1v) is 6.12. The monoisotopic (exact) mass is 221 g/mol. The summed E-state index contributed by atoms with van der Waals surface area (Å²) in [5, 5.41) is 3.37. The molecule has 1 aromatic heterocycles. The van der Waals surface area contributed by atoms with Crippen LogP contribution in [0.15, 0.2) is 0 Å². The molecule has 0 spiro atoms. The first-order valence-electron chi connectivity index (χ1n) is 6.12. The molecule has 0 saturated carbocycles. The fraction of sp³-hybridized carbons (Fsp3) is 0.692. The van der Waals surface area contributed by atoms with Crippen molar-refractivity contribution in [3.05, 3.63) is 17.1 Å². The molecule has 0 aromatic carbocycles. The molecule has 0 fully saturated rings. The largest absolute Gasteiger partial charge is 0.370 e. The van der Waals surface area contributed by atoms with Crippen LogP contribution < -0.4 is 5.32 Å². The molecule has 1 aromatic rings. The molecule has 0 amide bonds. The molecule has 3 nitrogen and oxygen atoms in total. The lowest BCUT2D eigenvalue weighted by Crippen LogP contribution is -2.10. The molecule has 0 atom stereocenters. The number of anilines is 1. The molecule has 0 saturated heterocycles. The summed E-state index contributed by atoms with van der Waals surface area (Å²) < 4.78 is 0. The van der Waals surface area contributed by atoms with E-state index in [1.807, 2.05) is 0 Å². The van der Waals surface area contributed by atoms with Crippen molar-refractivity contribution in [1.29, 1.82) is 0 Å². The van der Waals surface area contributed by atoms with Crippen LogP contribution >= 0.6 is 0 Å². The van der Waals surface area contributed by atoms with Gasteiger partial charge >= 0.3 is 0 Å². The van der Waals surface area contributed by atoms with Crippen LogP contribution in [0.25, 0.3) is 0 Å². The lowest BCUT2D eigenvalue weighted by Gasteiger charge is -2.12. The van der Waals surface area contributed by atoms with E-state index in [0.717, 1.165) is 36.7 Å². The van der Waals surface area contributed by atoms with Crippen molar-refractivity contribution in [2.24, 2.45) is 5.92 Å². The smallest absolute Gasteiger partial charge is 0.132 e. The number of hydrogen-bond donors (Lipinski definition) is 1. The summed E-state index contributed by atoms with van der Waals surface area (Å²) in [5.74, 6) is 2.56. The van der Waals surface area contributed by atoms with Gasteiger partial charge in [0.25, 0.3) is 0 Å². The quantitative estimate of drug-likeness (QED) is 0.830. The van der Waals surface area contributed by atoms with Gasteiger partial charge < -0.3 is 5.32 Å². The highest BCUT2D eigenvalue weighted by Crippen LogP contribution is 2.16. The van der Waals surface area contributed by atoms with Crippen LogP contribution in [0.4, 0.5) is 5.82 Å². The average molecular weight is 221 g/mol. The van der Waals surface area contributed by atoms with Crippen molar-refractivity contribution in [2.45, 2.75) is 47.5 Å². The summed E-state index contributed by atoms with van der Waals surface area (Å²) in [4.78, 5) is 9.12. The third kappa shape index (κ3) is 3.47. The van der Waals surface area contributed by atoms with Crippen molar-refractivity contribution in [3.63, 3.8) is 0 Å². The topological polar surface area (TPSA) is 37.8 Å². The second-order valence-corrected chi connectivity index (χ2v) is 4.72. The van der Waals surface area contributed by atoms with Gasteiger partial charge in [0, 0.05) is 24.2 Å². The molecule has 0 unspecified atom stereocenters. The van der Waals surface area contributed by atoms with E-state index < -0.39 is 0 Å². The third-order valence-electron chi connectivity index (χ3n) is 2.57. The number of hydrogen-bond acceptors (Lipinski definition) is 3. The standard InChI is InChI=1S/C13H23N3/c1-6-7-14-13-10(4)11(5)15-12(16-13)8-9(2)3/h9H,6-8H2,1-5H3,(H,14,15,16). The first-order chi connectivity index (χ1) is 7.54. The van der Waals surface area contributed by atoms with E-state index in [1.165, 1.54) is 5.56 Å². The second-order valence-electron chi connectivity index (χ2n) is 4.72. The van der Waals surface area contributed by atoms with E-state index in [9.17, 15) is 0 Å². The highest BCUT2D eigenvalue weighted by atomic mass is 15.0. The van der Waals surface area contributed by atoms with Gasteiger partial charge in [-0.1, -0.05) is 20.8 Å². The first kappa shape index (κ1) is 12.9. The molecule has 0 aliphatic rings. The highest BCUT2D eigenvalue weighted by molar-refractivity contribution is 5.45. The van der Waals surface area contributed by atoms with Gasteiger partial charge in [0.15, 0.2) is 0 Å². The number of aromatic nitrogens is 2. The zero-order valence-corrected chi connectivity index (χ0v) is 11.1. The fourth-order valence-electron chi connectivity index (χ4n) is 1.56. The molecule has 0 bridgehead atoms. The van der Waals surface area contributed by atoms with Gasteiger partial charge in [-0.05, 0) is 26.2 Å². The summed E-state index contributed by atoms with van der Waals surface area (Å²) in [7, 11) is 0. The molecule has 16 heavy (non-hydrogen) atoms. The Bertz CT molecular complexity index is 345. The predicted molar refractivity (Wildman–Crippen MR) is 68.8 cm³/mol. The van der Waals surface area contributed by atoms with Crippen LogP contribution in [0.5, 0.6) is 0 Å². The molecule has 1 N–H and O–H groups in total. The highest BCUT2D eigenvalue weighted by Gasteiger charge is 2.08. The van der Waals surface area contributed by atoms with Crippen LogP contribution in [0.1, 0.15) is 44.3 Å². The average Bonchev–Trinajstić information content (AvgIpc) is 2.20. The molecule has 0 radical (unpaired) electrons. The van der Waals surface area contributed by atoms with Gasteiger partial charge in [0.2, 0.25) is 0 Å². The van der Waals surface area contributed by atoms with Gasteiger partial charge in [-0.2, -0.15) is 0 Å². The van der Waals surface area contributed by atoms with Crippen molar-refractivity contribution < 1.29 is 0 Å². The fourth-order valence-corrected chi connectivity index (χ4v) is 1.56. The van der Waals surface area contributed by atoms with Crippen molar-refractivity contribution in [2.75, 3.05) is 11.9 Å². The maximum absolute atomic E-state index is 4.59. The lowest BCUT2D eigenvalue weighted by molar-refractivity contribution is 0.618. The summed E-state index contributed by atoms with van der Waals surface area (Å²) in [6.07, 6.45) is 2.06. The summed E-state index contributed by atoms with van der Waals surface area (Å²) in [6, 6.07) is 0. The Morgan fingerprint density at radius 3 is 2.44 bits per heavy atom. The normalized spacial score (nSPS) is 10.9. The van der Waals surface area contributed by atoms with Crippen LogP contribution in [0.2, 0.25) is 0 Å². The van der Waals surface area contributed by atoms with E-state index in [-0.39, 0.29) is 0 Å². The zero-order chi connectivity index (χ0) is 12.1. The molecule has 90 valence electrons. The summed E-state index contributed by atoms with van der Waals surface area (Å²) >= 11 is 0. The Kier molecular flexibility index (Phi) is 4.71. The number of nitrogens with one attached hydrogen (secondary N) is 1. The number of nitrogens with zero attached hydrogens (tertiary/aromatic N) is 2. The Hall–Kier alpha value is -1.12. The van der Waals surface area contributed by atoms with Gasteiger partial charge in [-0.25, -0.2) is 9.97 Å². The van der Waals surface area contributed by atoms with Gasteiger partial charge in [-0.3, -0.25) is 0 Å². The third-order valence-corrected chi connectivity index (χ3v) is 2.57. The Morgan fingerprint density at radius 2 is 1.88 bits per heavy atom. The zero-order valence-electron chi connectivity index (χ0n) is 11.1. The molecule has 0 aliphatic carbocycles. The Balaban J connectivity index is 2.92. The predicted octanol–water partition coefficient (Wildman–Crippen LogP) is 3.11. The minimum atomic E-state index is 0.598. The summed E-state index contributed by atoms with van der Waals surface area (Å²) in [6.45, 7) is 11.6. The Labute approximate surface area is 98.7 Å². The van der Waals surface area contributed by atoms with Crippen molar-refractivity contribution in [1.82, 2.24) is 9.97 Å². The van der Waals surface area contributed by atoms with Gasteiger partial charge in [0.05, 0.1) is 0 Å². The van der Waals surface area contributed by atoms with Crippen molar-refractivity contribution >= 4 is 5.82 Å². The SMILES string of the molecule is CCCNc1nc(CC(C)C)nc(C)c1C. The number of aryl methyl sites for hydroxylation is 1.